The smallest absolute Gasteiger partial charge is 0.347 e. The molecule has 0 saturated heterocycles. The molecular weight excluding hydrogens is 411 g/mol. The van der Waals surface area contributed by atoms with E-state index >= 15 is 0 Å². The van der Waals surface area contributed by atoms with Crippen LogP contribution < -0.4 is 15.4 Å². The molecule has 11 heteroatoms. The lowest BCUT2D eigenvalue weighted by atomic mass is 10.1. The summed E-state index contributed by atoms with van der Waals surface area (Å²) in [6.45, 7) is -0.0831. The topological polar surface area (TPSA) is 104 Å². The second-order valence-electron chi connectivity index (χ2n) is 6.08. The van der Waals surface area contributed by atoms with E-state index in [9.17, 15) is 31.2 Å². The molecule has 156 valence electrons. The van der Waals surface area contributed by atoms with E-state index in [1.165, 1.54) is 55.5 Å². The molecule has 0 aliphatic heterocycles. The molecule has 3 N–H and O–H groups in total. The van der Waals surface area contributed by atoms with Gasteiger partial charge in [0, 0.05) is 18.3 Å². The second-order valence-corrected chi connectivity index (χ2v) is 7.76. The van der Waals surface area contributed by atoms with E-state index in [0.29, 0.717) is 11.3 Å². The van der Waals surface area contributed by atoms with Crippen LogP contribution in [0.2, 0.25) is 0 Å². The van der Waals surface area contributed by atoms with Crippen molar-refractivity contribution in [3.63, 3.8) is 0 Å². The van der Waals surface area contributed by atoms with E-state index in [0.717, 1.165) is 0 Å². The van der Waals surface area contributed by atoms with Crippen molar-refractivity contribution in [3.8, 4) is 0 Å². The Bertz CT molecular complexity index is 973. The van der Waals surface area contributed by atoms with E-state index in [4.69, 9.17) is 0 Å². The van der Waals surface area contributed by atoms with Gasteiger partial charge in [0.2, 0.25) is 11.8 Å². The highest BCUT2D eigenvalue weighted by Crippen LogP contribution is 2.19. The summed E-state index contributed by atoms with van der Waals surface area (Å²) in [5.41, 5.74) is 1.09. The first kappa shape index (κ1) is 22.2. The van der Waals surface area contributed by atoms with Gasteiger partial charge in [-0.05, 0) is 42.0 Å². The number of alkyl halides is 3. The summed E-state index contributed by atoms with van der Waals surface area (Å²) in [4.78, 5) is 22.5. The van der Waals surface area contributed by atoms with E-state index in [-0.39, 0.29) is 22.9 Å². The second kappa shape index (κ2) is 8.95. The summed E-state index contributed by atoms with van der Waals surface area (Å²) < 4.78 is 63.4. The zero-order valence-corrected chi connectivity index (χ0v) is 16.0. The number of hydrogen-bond donors (Lipinski definition) is 3. The average molecular weight is 429 g/mol. The van der Waals surface area contributed by atoms with Gasteiger partial charge in [-0.15, -0.1) is 0 Å². The fraction of sp³-hybridized carbons (Fsp3) is 0.222. The molecule has 2 amide bonds. The third kappa shape index (κ3) is 7.45. The first-order valence-corrected chi connectivity index (χ1v) is 9.76. The number of benzene rings is 2. The Morgan fingerprint density at radius 3 is 2.00 bits per heavy atom. The van der Waals surface area contributed by atoms with Gasteiger partial charge >= 0.3 is 6.18 Å². The maximum absolute atomic E-state index is 12.4. The highest BCUT2D eigenvalue weighted by Gasteiger charge is 2.27. The fourth-order valence-corrected chi connectivity index (χ4v) is 3.33. The maximum Gasteiger partial charge on any atom is 0.405 e. The lowest BCUT2D eigenvalue weighted by Gasteiger charge is -2.10. The van der Waals surface area contributed by atoms with E-state index in [1.54, 1.807) is 5.32 Å². The molecule has 0 aliphatic carbocycles. The van der Waals surface area contributed by atoms with E-state index in [2.05, 4.69) is 10.0 Å². The van der Waals surface area contributed by atoms with Crippen LogP contribution in [-0.2, 0) is 26.0 Å². The quantitative estimate of drug-likeness (QED) is 0.629. The van der Waals surface area contributed by atoms with Crippen LogP contribution in [-0.4, -0.2) is 33.0 Å². The normalized spacial score (nSPS) is 11.6. The minimum Gasteiger partial charge on any atom is -0.347 e. The van der Waals surface area contributed by atoms with Crippen LogP contribution in [0.3, 0.4) is 0 Å². The number of nitrogens with one attached hydrogen (secondary N) is 3. The Hall–Kier alpha value is -3.08. The summed E-state index contributed by atoms with van der Waals surface area (Å²) in [6.07, 6.45) is -4.76. The minimum atomic E-state index is -4.49. The van der Waals surface area contributed by atoms with Gasteiger partial charge in [-0.25, -0.2) is 8.42 Å². The Labute approximate surface area is 165 Å². The number of carbonyl (C=O) groups is 2. The summed E-state index contributed by atoms with van der Waals surface area (Å²) in [7, 11) is -3.89. The highest BCUT2D eigenvalue weighted by molar-refractivity contribution is 7.92. The van der Waals surface area contributed by atoms with Gasteiger partial charge < -0.3 is 10.6 Å². The van der Waals surface area contributed by atoms with Gasteiger partial charge in [0.15, 0.2) is 0 Å². The molecular formula is C18H18F3N3O4S. The van der Waals surface area contributed by atoms with Crippen LogP contribution in [0.4, 0.5) is 24.5 Å². The molecule has 0 atom stereocenters. The number of halogens is 3. The Morgan fingerprint density at radius 1 is 0.931 bits per heavy atom. The molecule has 0 aliphatic rings. The monoisotopic (exact) mass is 429 g/mol. The minimum absolute atomic E-state index is 0.0257. The van der Waals surface area contributed by atoms with Crippen LogP contribution in [0.5, 0.6) is 0 Å². The lowest BCUT2D eigenvalue weighted by molar-refractivity contribution is -0.138. The molecule has 0 saturated carbocycles. The summed E-state index contributed by atoms with van der Waals surface area (Å²) in [6, 6.07) is 11.2. The Morgan fingerprint density at radius 2 is 1.48 bits per heavy atom. The number of rotatable bonds is 7. The van der Waals surface area contributed by atoms with Gasteiger partial charge in [-0.3, -0.25) is 14.3 Å². The summed E-state index contributed by atoms with van der Waals surface area (Å²) in [5.74, 6) is -1.08. The zero-order valence-electron chi connectivity index (χ0n) is 15.2. The average Bonchev–Trinajstić information content (AvgIpc) is 2.61. The van der Waals surface area contributed by atoms with Gasteiger partial charge in [0.05, 0.1) is 11.3 Å². The van der Waals surface area contributed by atoms with Gasteiger partial charge in [0.25, 0.3) is 10.0 Å². The van der Waals surface area contributed by atoms with Crippen LogP contribution in [0.15, 0.2) is 53.4 Å². The molecule has 2 rings (SSSR count). The van der Waals surface area contributed by atoms with Crippen LogP contribution >= 0.6 is 0 Å². The van der Waals surface area contributed by atoms with Crippen molar-refractivity contribution < 1.29 is 31.2 Å². The molecule has 2 aromatic carbocycles. The standard InChI is InChI=1S/C18H18F3N3O4S/c1-12(25)23-14-6-8-16(9-7-14)29(27,28)24-15-4-2-13(3-5-15)10-17(26)22-11-18(19,20)21/h2-9,24H,10-11H2,1H3,(H,22,26)(H,23,25). The lowest BCUT2D eigenvalue weighted by Crippen LogP contribution is -2.34. The first-order valence-electron chi connectivity index (χ1n) is 8.27. The third-order valence-electron chi connectivity index (χ3n) is 3.54. The van der Waals surface area contributed by atoms with Gasteiger partial charge in [-0.1, -0.05) is 12.1 Å². The predicted molar refractivity (Wildman–Crippen MR) is 101 cm³/mol. The number of sulfonamides is 1. The van der Waals surface area contributed by atoms with Gasteiger partial charge in [0.1, 0.15) is 6.54 Å². The number of hydrogen-bond acceptors (Lipinski definition) is 4. The Balaban J connectivity index is 1.99. The highest BCUT2D eigenvalue weighted by atomic mass is 32.2. The molecule has 0 fully saturated rings. The van der Waals surface area contributed by atoms with E-state index < -0.39 is 28.7 Å². The summed E-state index contributed by atoms with van der Waals surface area (Å²) >= 11 is 0. The fourth-order valence-electron chi connectivity index (χ4n) is 2.27. The molecule has 0 spiro atoms. The Kier molecular flexibility index (Phi) is 6.85. The molecule has 0 unspecified atom stereocenters. The summed E-state index contributed by atoms with van der Waals surface area (Å²) in [5, 5.41) is 4.28. The van der Waals surface area contributed by atoms with Crippen molar-refractivity contribution in [2.75, 3.05) is 16.6 Å². The first-order chi connectivity index (χ1) is 13.4. The predicted octanol–water partition coefficient (Wildman–Crippen LogP) is 2.67. The molecule has 0 aromatic heterocycles. The van der Waals surface area contributed by atoms with Crippen LogP contribution in [0.25, 0.3) is 0 Å². The molecule has 0 heterocycles. The largest absolute Gasteiger partial charge is 0.405 e. The molecule has 2 aromatic rings. The van der Waals surface area contributed by atoms with Crippen molar-refractivity contribution in [2.24, 2.45) is 0 Å². The van der Waals surface area contributed by atoms with Crippen molar-refractivity contribution in [1.82, 2.24) is 5.32 Å². The number of amides is 2. The van der Waals surface area contributed by atoms with Crippen molar-refractivity contribution >= 4 is 33.2 Å². The molecule has 0 radical (unpaired) electrons. The van der Waals surface area contributed by atoms with Crippen molar-refractivity contribution in [3.05, 3.63) is 54.1 Å². The molecule has 29 heavy (non-hydrogen) atoms. The SMILES string of the molecule is CC(=O)Nc1ccc(S(=O)(=O)Nc2ccc(CC(=O)NCC(F)(F)F)cc2)cc1. The van der Waals surface area contributed by atoms with Crippen molar-refractivity contribution in [2.45, 2.75) is 24.4 Å². The molecule has 7 nitrogen and oxygen atoms in total. The van der Waals surface area contributed by atoms with Crippen LogP contribution in [0.1, 0.15) is 12.5 Å². The zero-order chi connectivity index (χ0) is 21.7. The van der Waals surface area contributed by atoms with Crippen LogP contribution in [0, 0.1) is 0 Å². The maximum atomic E-state index is 12.4. The van der Waals surface area contributed by atoms with E-state index in [1.807, 2.05) is 0 Å². The third-order valence-corrected chi connectivity index (χ3v) is 4.94. The molecule has 0 bridgehead atoms. The van der Waals surface area contributed by atoms with Gasteiger partial charge in [-0.2, -0.15) is 13.2 Å². The number of anilines is 2. The number of carbonyl (C=O) groups excluding carboxylic acids is 2. The van der Waals surface area contributed by atoms with Crippen molar-refractivity contribution in [1.29, 1.82) is 0 Å².